The second-order valence-corrected chi connectivity index (χ2v) is 11.2. The number of carbonyl (C=O) groups is 2. The lowest BCUT2D eigenvalue weighted by atomic mass is 9.52. The van der Waals surface area contributed by atoms with Crippen LogP contribution in [0.15, 0.2) is 12.1 Å². The topological polar surface area (TPSA) is 108 Å². The zero-order chi connectivity index (χ0) is 23.4. The zero-order valence-electron chi connectivity index (χ0n) is 19.2. The van der Waals surface area contributed by atoms with Crippen LogP contribution in [0.2, 0.25) is 5.15 Å². The van der Waals surface area contributed by atoms with E-state index in [1.165, 1.54) is 0 Å². The number of aromatic nitrogens is 2. The van der Waals surface area contributed by atoms with Crippen LogP contribution in [0.1, 0.15) is 46.0 Å². The van der Waals surface area contributed by atoms with E-state index < -0.39 is 17.3 Å². The van der Waals surface area contributed by atoms with Crippen molar-refractivity contribution in [1.29, 1.82) is 0 Å². The summed E-state index contributed by atoms with van der Waals surface area (Å²) in [4.78, 5) is 29.1. The lowest BCUT2D eigenvalue weighted by molar-refractivity contribution is -0.157. The smallest absolute Gasteiger partial charge is 0.450 e. The average Bonchev–Trinajstić information content (AvgIpc) is 2.75. The van der Waals surface area contributed by atoms with Crippen LogP contribution in [-0.4, -0.2) is 75.6 Å². The second kappa shape index (κ2) is 8.27. The van der Waals surface area contributed by atoms with Gasteiger partial charge >= 0.3 is 6.16 Å². The van der Waals surface area contributed by atoms with Gasteiger partial charge in [0.1, 0.15) is 5.60 Å². The quantitative estimate of drug-likeness (QED) is 0.623. The molecule has 1 amide bonds. The van der Waals surface area contributed by atoms with E-state index >= 15 is 0 Å². The first-order valence-corrected chi connectivity index (χ1v) is 12.3. The molecule has 2 N–H and O–H groups in total. The molecule has 10 heteroatoms. The molecule has 4 aliphatic carbocycles. The first-order valence-electron chi connectivity index (χ1n) is 11.9. The van der Waals surface area contributed by atoms with Crippen molar-refractivity contribution in [3.63, 3.8) is 0 Å². The highest BCUT2D eigenvalue weighted by molar-refractivity contribution is 6.29. The third-order valence-corrected chi connectivity index (χ3v) is 8.59. The van der Waals surface area contributed by atoms with Crippen LogP contribution in [0.4, 0.5) is 10.6 Å². The minimum Gasteiger partial charge on any atom is -0.450 e. The standard InChI is InChI=1S/C23H32ClN5O4/c1-22(2,29-7-5-28(6-8-29)18-4-3-17(24)26-27-18)20(30)25-19-15-9-14-10-16(19)13-23(11-14,12-15)33-21(31)32/h3-4,14-16,19H,5-13H2,1-2H3,(H,25,30)(H,31,32). The molecule has 180 valence electrons. The van der Waals surface area contributed by atoms with E-state index in [9.17, 15) is 14.7 Å². The van der Waals surface area contributed by atoms with Crippen LogP contribution >= 0.6 is 11.6 Å². The first-order chi connectivity index (χ1) is 15.6. The molecular formula is C23H32ClN5O4. The van der Waals surface area contributed by atoms with E-state index in [1.54, 1.807) is 6.07 Å². The van der Waals surface area contributed by atoms with Gasteiger partial charge in [-0.1, -0.05) is 11.6 Å². The van der Waals surface area contributed by atoms with Gasteiger partial charge in [-0.15, -0.1) is 10.2 Å². The number of nitrogens with zero attached hydrogens (tertiary/aromatic N) is 4. The number of ether oxygens (including phenoxy) is 1. The molecule has 9 nitrogen and oxygen atoms in total. The minimum atomic E-state index is -1.18. The van der Waals surface area contributed by atoms with Crippen molar-refractivity contribution < 1.29 is 19.4 Å². The number of rotatable bonds is 5. The molecule has 1 aromatic heterocycles. The normalized spacial score (nSPS) is 33.7. The van der Waals surface area contributed by atoms with E-state index in [0.717, 1.165) is 64.1 Å². The third-order valence-electron chi connectivity index (χ3n) is 8.39. The summed E-state index contributed by atoms with van der Waals surface area (Å²) in [5.41, 5.74) is -1.18. The summed E-state index contributed by atoms with van der Waals surface area (Å²) < 4.78 is 5.39. The number of piperazine rings is 1. The van der Waals surface area contributed by atoms with E-state index in [1.807, 2.05) is 19.9 Å². The molecule has 5 fully saturated rings. The van der Waals surface area contributed by atoms with Gasteiger partial charge in [0.2, 0.25) is 5.91 Å². The summed E-state index contributed by atoms with van der Waals surface area (Å²) in [5.74, 6) is 1.93. The van der Waals surface area contributed by atoms with Crippen LogP contribution in [-0.2, 0) is 9.53 Å². The van der Waals surface area contributed by atoms with Gasteiger partial charge in [0, 0.05) is 32.2 Å². The molecule has 2 unspecified atom stereocenters. The van der Waals surface area contributed by atoms with Crippen molar-refractivity contribution in [2.75, 3.05) is 31.1 Å². The number of halogens is 1. The van der Waals surface area contributed by atoms with Gasteiger partial charge in [-0.3, -0.25) is 9.69 Å². The van der Waals surface area contributed by atoms with Crippen molar-refractivity contribution in [3.05, 3.63) is 17.3 Å². The fraction of sp³-hybridized carbons (Fsp3) is 0.739. The second-order valence-electron chi connectivity index (χ2n) is 10.8. The van der Waals surface area contributed by atoms with Crippen molar-refractivity contribution >= 4 is 29.5 Å². The summed E-state index contributed by atoms with van der Waals surface area (Å²) in [6.45, 7) is 7.01. The molecule has 4 bridgehead atoms. The van der Waals surface area contributed by atoms with Gasteiger partial charge < -0.3 is 20.1 Å². The molecule has 0 aromatic carbocycles. The van der Waals surface area contributed by atoms with Crippen molar-refractivity contribution in [3.8, 4) is 0 Å². The lowest BCUT2D eigenvalue weighted by Crippen LogP contribution is -2.66. The molecule has 1 aliphatic heterocycles. The Labute approximate surface area is 198 Å². The number of hydrogen-bond donors (Lipinski definition) is 2. The van der Waals surface area contributed by atoms with Crippen molar-refractivity contribution in [2.24, 2.45) is 17.8 Å². The van der Waals surface area contributed by atoms with E-state index in [2.05, 4.69) is 25.3 Å². The maximum absolute atomic E-state index is 13.5. The molecule has 2 heterocycles. The van der Waals surface area contributed by atoms with Gasteiger partial charge in [0.15, 0.2) is 11.0 Å². The van der Waals surface area contributed by atoms with Crippen LogP contribution in [0.3, 0.4) is 0 Å². The Morgan fingerprint density at radius 2 is 1.79 bits per heavy atom. The molecule has 1 aromatic rings. The molecule has 0 radical (unpaired) electrons. The van der Waals surface area contributed by atoms with Crippen molar-refractivity contribution in [2.45, 2.75) is 63.1 Å². The Kier molecular flexibility index (Phi) is 5.68. The van der Waals surface area contributed by atoms with Crippen LogP contribution in [0.5, 0.6) is 0 Å². The van der Waals surface area contributed by atoms with E-state index in [-0.39, 0.29) is 23.8 Å². The number of amides is 1. The number of carbonyl (C=O) groups excluding carboxylic acids is 1. The Bertz CT molecular complexity index is 902. The maximum atomic E-state index is 13.5. The van der Waals surface area contributed by atoms with E-state index in [4.69, 9.17) is 16.3 Å². The predicted octanol–water partition coefficient (Wildman–Crippen LogP) is 2.79. The van der Waals surface area contributed by atoms with Gasteiger partial charge in [0.25, 0.3) is 0 Å². The average molecular weight is 478 g/mol. The monoisotopic (exact) mass is 477 g/mol. The summed E-state index contributed by atoms with van der Waals surface area (Å²) in [6.07, 6.45) is 3.20. The van der Waals surface area contributed by atoms with Crippen LogP contribution < -0.4 is 10.2 Å². The molecule has 4 saturated carbocycles. The Morgan fingerprint density at radius 3 is 2.36 bits per heavy atom. The SMILES string of the molecule is CC(C)(C(=O)NC1C2CC3CC1CC(OC(=O)O)(C3)C2)N1CCN(c2ccc(Cl)nn2)CC1. The summed E-state index contributed by atoms with van der Waals surface area (Å²) in [5, 5.41) is 21.1. The molecule has 2 atom stereocenters. The first kappa shape index (κ1) is 22.7. The minimum absolute atomic E-state index is 0.0490. The van der Waals surface area contributed by atoms with Gasteiger partial charge in [-0.25, -0.2) is 4.79 Å². The molecular weight excluding hydrogens is 446 g/mol. The predicted molar refractivity (Wildman–Crippen MR) is 122 cm³/mol. The largest absolute Gasteiger partial charge is 0.506 e. The molecule has 33 heavy (non-hydrogen) atoms. The molecule has 0 spiro atoms. The molecule has 5 aliphatic rings. The number of carboxylic acid groups (broad SMARTS) is 1. The fourth-order valence-electron chi connectivity index (χ4n) is 6.94. The highest BCUT2D eigenvalue weighted by Gasteiger charge is 2.58. The van der Waals surface area contributed by atoms with Gasteiger partial charge in [0.05, 0.1) is 5.54 Å². The third kappa shape index (κ3) is 4.25. The van der Waals surface area contributed by atoms with E-state index in [0.29, 0.717) is 11.1 Å². The summed E-state index contributed by atoms with van der Waals surface area (Å²) in [6, 6.07) is 3.71. The Morgan fingerprint density at radius 1 is 1.12 bits per heavy atom. The fourth-order valence-corrected chi connectivity index (χ4v) is 7.04. The zero-order valence-corrected chi connectivity index (χ0v) is 19.9. The van der Waals surface area contributed by atoms with Gasteiger partial charge in [-0.05, 0) is 75.8 Å². The molecule has 1 saturated heterocycles. The highest BCUT2D eigenvalue weighted by atomic mass is 35.5. The Hall–Kier alpha value is -2.13. The highest BCUT2D eigenvalue weighted by Crippen LogP contribution is 2.57. The summed E-state index contributed by atoms with van der Waals surface area (Å²) >= 11 is 5.85. The van der Waals surface area contributed by atoms with Crippen LogP contribution in [0.25, 0.3) is 0 Å². The van der Waals surface area contributed by atoms with Crippen LogP contribution in [0, 0.1) is 17.8 Å². The number of nitrogens with one attached hydrogen (secondary N) is 1. The number of anilines is 1. The lowest BCUT2D eigenvalue weighted by Gasteiger charge is -2.59. The molecule has 6 rings (SSSR count). The summed E-state index contributed by atoms with van der Waals surface area (Å²) in [7, 11) is 0. The van der Waals surface area contributed by atoms with Crippen molar-refractivity contribution in [1.82, 2.24) is 20.4 Å². The van der Waals surface area contributed by atoms with Gasteiger partial charge in [-0.2, -0.15) is 0 Å². The number of hydrogen-bond acceptors (Lipinski definition) is 7. The Balaban J connectivity index is 1.20. The maximum Gasteiger partial charge on any atom is 0.506 e.